The second-order valence-electron chi connectivity index (χ2n) is 3.47. The summed E-state index contributed by atoms with van der Waals surface area (Å²) in [6, 6.07) is 17.0. The first-order chi connectivity index (χ1) is 8.04. The van der Waals surface area contributed by atoms with E-state index in [9.17, 15) is 4.57 Å². The van der Waals surface area contributed by atoms with Crippen LogP contribution in [0.4, 0.5) is 0 Å². The smallest absolute Gasteiger partial charge is 0.316 e. The van der Waals surface area contributed by atoms with Gasteiger partial charge in [-0.2, -0.15) is 0 Å². The summed E-state index contributed by atoms with van der Waals surface area (Å²) < 4.78 is 10.8. The fraction of sp³-hybridized carbons (Fsp3) is 0. The zero-order valence-electron chi connectivity index (χ0n) is 8.85. The largest absolute Gasteiger partial charge is 0.388 e. The van der Waals surface area contributed by atoms with Gasteiger partial charge in [-0.05, 0) is 34.6 Å². The van der Waals surface area contributed by atoms with E-state index in [0.29, 0.717) is 16.3 Å². The highest BCUT2D eigenvalue weighted by Gasteiger charge is 2.14. The molecule has 0 spiro atoms. The molecule has 5 heteroatoms. The van der Waals surface area contributed by atoms with Crippen molar-refractivity contribution in [2.75, 3.05) is 0 Å². The normalized spacial score (nSPS) is 11.4. The van der Waals surface area contributed by atoms with Crippen LogP contribution >= 0.6 is 18.2 Å². The highest BCUT2D eigenvalue weighted by atomic mass is 32.7. The van der Waals surface area contributed by atoms with Crippen molar-refractivity contribution in [2.45, 2.75) is 4.90 Å². The summed E-state index contributed by atoms with van der Waals surface area (Å²) in [5, 5.41) is 0. The third-order valence-corrected chi connectivity index (χ3v) is 4.25. The van der Waals surface area contributed by atoms with Crippen LogP contribution in [0, 0.1) is 0 Å². The molecule has 0 radical (unpaired) electrons. The standard InChI is InChI=1S/C12H11O3PS/c13-16(14,15)17-12-8-6-11(7-9-12)10-4-2-1-3-5-10/h1-9H,(H2,13,14,15). The van der Waals surface area contributed by atoms with Gasteiger partial charge in [0.05, 0.1) is 0 Å². The molecule has 3 nitrogen and oxygen atoms in total. The van der Waals surface area contributed by atoms with E-state index in [1.807, 2.05) is 42.5 Å². The van der Waals surface area contributed by atoms with Gasteiger partial charge in [0, 0.05) is 4.90 Å². The van der Waals surface area contributed by atoms with Crippen LogP contribution < -0.4 is 0 Å². The Labute approximate surface area is 103 Å². The second-order valence-corrected chi connectivity index (χ2v) is 7.08. The van der Waals surface area contributed by atoms with Crippen molar-refractivity contribution < 1.29 is 14.4 Å². The molecule has 2 aromatic carbocycles. The lowest BCUT2D eigenvalue weighted by molar-refractivity contribution is 0.397. The quantitative estimate of drug-likeness (QED) is 0.834. The average molecular weight is 266 g/mol. The fourth-order valence-electron chi connectivity index (χ4n) is 1.48. The van der Waals surface area contributed by atoms with Crippen molar-refractivity contribution in [1.82, 2.24) is 0 Å². The van der Waals surface area contributed by atoms with Crippen molar-refractivity contribution in [3.05, 3.63) is 54.6 Å². The summed E-state index contributed by atoms with van der Waals surface area (Å²) in [4.78, 5) is 18.2. The Kier molecular flexibility index (Phi) is 3.69. The number of rotatable bonds is 3. The summed E-state index contributed by atoms with van der Waals surface area (Å²) in [5.41, 5.74) is 2.11. The van der Waals surface area contributed by atoms with Gasteiger partial charge in [-0.25, -0.2) is 4.57 Å². The van der Waals surface area contributed by atoms with Gasteiger partial charge in [0.2, 0.25) is 0 Å². The molecule has 2 aromatic rings. The van der Waals surface area contributed by atoms with E-state index in [2.05, 4.69) is 0 Å². The lowest BCUT2D eigenvalue weighted by Gasteiger charge is -2.05. The maximum atomic E-state index is 10.8. The predicted molar refractivity (Wildman–Crippen MR) is 69.8 cm³/mol. The Morgan fingerprint density at radius 2 is 1.35 bits per heavy atom. The lowest BCUT2D eigenvalue weighted by atomic mass is 10.1. The minimum Gasteiger partial charge on any atom is -0.316 e. The van der Waals surface area contributed by atoms with E-state index in [0.717, 1.165) is 11.1 Å². The number of hydrogen-bond donors (Lipinski definition) is 2. The first-order valence-corrected chi connectivity index (χ1v) is 7.99. The van der Waals surface area contributed by atoms with Crippen LogP contribution in [0.3, 0.4) is 0 Å². The van der Waals surface area contributed by atoms with Crippen LogP contribution in [0.1, 0.15) is 0 Å². The molecule has 2 N–H and O–H groups in total. The molecule has 0 saturated carbocycles. The minimum atomic E-state index is -4.06. The summed E-state index contributed by atoms with van der Waals surface area (Å²) in [6.45, 7) is -4.06. The predicted octanol–water partition coefficient (Wildman–Crippen LogP) is 3.54. The van der Waals surface area contributed by atoms with E-state index < -0.39 is 6.80 Å². The van der Waals surface area contributed by atoms with Gasteiger partial charge in [-0.15, -0.1) is 0 Å². The first kappa shape index (κ1) is 12.4. The van der Waals surface area contributed by atoms with Gasteiger partial charge in [0.1, 0.15) is 0 Å². The molecule has 17 heavy (non-hydrogen) atoms. The minimum absolute atomic E-state index is 0.568. The van der Waals surface area contributed by atoms with Crippen LogP contribution in [0.5, 0.6) is 0 Å². The summed E-state index contributed by atoms with van der Waals surface area (Å²) in [5.74, 6) is 0. The van der Waals surface area contributed by atoms with Crippen LogP contribution in [0.15, 0.2) is 59.5 Å². The summed E-state index contributed by atoms with van der Waals surface area (Å²) >= 11 is 0.571. The van der Waals surface area contributed by atoms with Gasteiger partial charge in [-0.3, -0.25) is 0 Å². The molecule has 2 rings (SSSR count). The van der Waals surface area contributed by atoms with Gasteiger partial charge >= 0.3 is 6.80 Å². The van der Waals surface area contributed by atoms with E-state index >= 15 is 0 Å². The Morgan fingerprint density at radius 3 is 1.88 bits per heavy atom. The maximum absolute atomic E-state index is 10.8. The Balaban J connectivity index is 2.22. The van der Waals surface area contributed by atoms with Gasteiger partial charge in [0.25, 0.3) is 0 Å². The van der Waals surface area contributed by atoms with Crippen LogP contribution in [0.2, 0.25) is 0 Å². The molecule has 0 amide bonds. The van der Waals surface area contributed by atoms with E-state index in [1.165, 1.54) is 0 Å². The zero-order valence-corrected chi connectivity index (χ0v) is 10.6. The first-order valence-electron chi connectivity index (χ1n) is 4.95. The van der Waals surface area contributed by atoms with Crippen molar-refractivity contribution in [2.24, 2.45) is 0 Å². The Bertz CT molecular complexity index is 533. The topological polar surface area (TPSA) is 57.5 Å². The molecule has 0 bridgehead atoms. The average Bonchev–Trinajstić information content (AvgIpc) is 2.29. The van der Waals surface area contributed by atoms with Crippen LogP contribution in [-0.2, 0) is 4.57 Å². The molecule has 0 saturated heterocycles. The van der Waals surface area contributed by atoms with Crippen molar-refractivity contribution in [3.8, 4) is 11.1 Å². The molecule has 0 aliphatic heterocycles. The number of hydrogen-bond acceptors (Lipinski definition) is 2. The van der Waals surface area contributed by atoms with Crippen molar-refractivity contribution >= 4 is 18.2 Å². The van der Waals surface area contributed by atoms with Crippen molar-refractivity contribution in [3.63, 3.8) is 0 Å². The molecule has 0 heterocycles. The molecule has 0 fully saturated rings. The van der Waals surface area contributed by atoms with Gasteiger partial charge < -0.3 is 9.79 Å². The zero-order chi connectivity index (χ0) is 12.3. The third kappa shape index (κ3) is 3.72. The molecule has 0 aliphatic carbocycles. The van der Waals surface area contributed by atoms with Crippen LogP contribution in [0.25, 0.3) is 11.1 Å². The highest BCUT2D eigenvalue weighted by molar-refractivity contribution is 8.54. The molecule has 0 aromatic heterocycles. The van der Waals surface area contributed by atoms with Crippen molar-refractivity contribution in [1.29, 1.82) is 0 Å². The van der Waals surface area contributed by atoms with E-state index in [1.54, 1.807) is 12.1 Å². The second kappa shape index (κ2) is 5.07. The fourth-order valence-corrected chi connectivity index (χ4v) is 3.20. The Hall–Kier alpha value is -1.06. The SMILES string of the molecule is O=P(O)(O)Sc1ccc(-c2ccccc2)cc1. The van der Waals surface area contributed by atoms with E-state index in [4.69, 9.17) is 9.79 Å². The lowest BCUT2D eigenvalue weighted by Crippen LogP contribution is -1.78. The van der Waals surface area contributed by atoms with Gasteiger partial charge in [0.15, 0.2) is 0 Å². The highest BCUT2D eigenvalue weighted by Crippen LogP contribution is 2.54. The number of benzene rings is 2. The molecule has 0 atom stereocenters. The molecule has 88 valence electrons. The third-order valence-electron chi connectivity index (χ3n) is 2.19. The maximum Gasteiger partial charge on any atom is 0.388 e. The summed E-state index contributed by atoms with van der Waals surface area (Å²) in [7, 11) is 0. The summed E-state index contributed by atoms with van der Waals surface area (Å²) in [6.07, 6.45) is 0. The Morgan fingerprint density at radius 1 is 0.824 bits per heavy atom. The molecular formula is C12H11O3PS. The monoisotopic (exact) mass is 266 g/mol. The van der Waals surface area contributed by atoms with Gasteiger partial charge in [-0.1, -0.05) is 42.5 Å². The van der Waals surface area contributed by atoms with E-state index in [-0.39, 0.29) is 0 Å². The molecular weight excluding hydrogens is 255 g/mol. The van der Waals surface area contributed by atoms with Crippen LogP contribution in [-0.4, -0.2) is 9.79 Å². The molecule has 0 aliphatic rings. The molecule has 0 unspecified atom stereocenters.